The van der Waals surface area contributed by atoms with Gasteiger partial charge in [-0.15, -0.1) is 12.3 Å². The van der Waals surface area contributed by atoms with Crippen LogP contribution >= 0.6 is 8.25 Å². The summed E-state index contributed by atoms with van der Waals surface area (Å²) in [7, 11) is -2.46. The maximum atomic E-state index is 11.4. The molecule has 1 atom stereocenters. The molecule has 0 fully saturated rings. The number of benzene rings is 1. The van der Waals surface area contributed by atoms with Gasteiger partial charge >= 0.3 is 8.25 Å². The van der Waals surface area contributed by atoms with Crippen molar-refractivity contribution in [2.24, 2.45) is 0 Å². The molecule has 0 saturated carbocycles. The van der Waals surface area contributed by atoms with Gasteiger partial charge in [-0.1, -0.05) is 25.1 Å². The van der Waals surface area contributed by atoms with E-state index in [0.717, 1.165) is 12.0 Å². The van der Waals surface area contributed by atoms with Crippen LogP contribution < -0.4 is 4.52 Å². The molecule has 0 N–H and O–H groups in total. The lowest BCUT2D eigenvalue weighted by Gasteiger charge is -2.09. The molecule has 1 unspecified atom stereocenters. The predicted molar refractivity (Wildman–Crippen MR) is 64.9 cm³/mol. The Balaban J connectivity index is 2.65. The number of para-hydroxylation sites is 1. The molecule has 86 valence electrons. The van der Waals surface area contributed by atoms with Gasteiger partial charge in [0.05, 0.1) is 6.61 Å². The number of rotatable bonds is 6. The molecule has 0 aliphatic carbocycles. The molecule has 0 spiro atoms. The molecule has 0 radical (unpaired) electrons. The summed E-state index contributed by atoms with van der Waals surface area (Å²) in [5.41, 5.74) is 0.850. The molecule has 1 rings (SSSR count). The highest BCUT2D eigenvalue weighted by Crippen LogP contribution is 2.30. The van der Waals surface area contributed by atoms with E-state index in [2.05, 4.69) is 5.92 Å². The highest BCUT2D eigenvalue weighted by molar-refractivity contribution is 7.33. The molecular weight excluding hydrogens is 223 g/mol. The van der Waals surface area contributed by atoms with Crippen molar-refractivity contribution in [3.8, 4) is 18.1 Å². The van der Waals surface area contributed by atoms with Gasteiger partial charge in [0.15, 0.2) is 0 Å². The minimum absolute atomic E-state index is 0.440. The molecule has 0 aliphatic rings. The van der Waals surface area contributed by atoms with E-state index >= 15 is 0 Å². The summed E-state index contributed by atoms with van der Waals surface area (Å²) in [5.74, 6) is 3.07. The highest BCUT2D eigenvalue weighted by atomic mass is 31.1. The van der Waals surface area contributed by atoms with Crippen LogP contribution in [0.15, 0.2) is 24.3 Å². The van der Waals surface area contributed by atoms with Crippen LogP contribution in [-0.2, 0) is 15.5 Å². The number of hydrogen-bond donors (Lipinski definition) is 0. The summed E-state index contributed by atoms with van der Waals surface area (Å²) >= 11 is 0. The third kappa shape index (κ3) is 4.10. The van der Waals surface area contributed by atoms with Crippen molar-refractivity contribution in [3.63, 3.8) is 0 Å². The molecule has 0 saturated heterocycles. The molecule has 1 aromatic rings. The molecule has 1 aromatic carbocycles. The SMILES string of the molecule is C#CCc1ccccc1O[PH](=O)OCCC. The van der Waals surface area contributed by atoms with Crippen molar-refractivity contribution < 1.29 is 13.6 Å². The van der Waals surface area contributed by atoms with Crippen LogP contribution in [0.4, 0.5) is 0 Å². The van der Waals surface area contributed by atoms with Gasteiger partial charge in [-0.05, 0) is 12.5 Å². The molecule has 16 heavy (non-hydrogen) atoms. The van der Waals surface area contributed by atoms with Crippen molar-refractivity contribution in [2.75, 3.05) is 6.61 Å². The first-order valence-electron chi connectivity index (χ1n) is 5.14. The smallest absolute Gasteiger partial charge is 0.367 e. The van der Waals surface area contributed by atoms with E-state index in [4.69, 9.17) is 15.5 Å². The van der Waals surface area contributed by atoms with E-state index in [1.807, 2.05) is 25.1 Å². The Hall–Kier alpha value is -1.23. The summed E-state index contributed by atoms with van der Waals surface area (Å²) in [6.45, 7) is 2.39. The topological polar surface area (TPSA) is 35.5 Å². The Morgan fingerprint density at radius 1 is 1.44 bits per heavy atom. The summed E-state index contributed by atoms with van der Waals surface area (Å²) in [6, 6.07) is 7.27. The second-order valence-electron chi connectivity index (χ2n) is 3.19. The van der Waals surface area contributed by atoms with E-state index in [1.165, 1.54) is 0 Å². The van der Waals surface area contributed by atoms with E-state index in [1.54, 1.807) is 6.07 Å². The highest BCUT2D eigenvalue weighted by Gasteiger charge is 2.05. The first-order chi connectivity index (χ1) is 7.77. The molecule has 0 heterocycles. The van der Waals surface area contributed by atoms with Crippen LogP contribution in [0.25, 0.3) is 0 Å². The average Bonchev–Trinajstić information content (AvgIpc) is 2.29. The van der Waals surface area contributed by atoms with Gasteiger partial charge in [0.1, 0.15) is 5.75 Å². The zero-order chi connectivity index (χ0) is 11.8. The largest absolute Gasteiger partial charge is 0.426 e. The average molecular weight is 238 g/mol. The van der Waals surface area contributed by atoms with Gasteiger partial charge in [0.2, 0.25) is 0 Å². The Morgan fingerprint density at radius 3 is 2.88 bits per heavy atom. The van der Waals surface area contributed by atoms with Gasteiger partial charge in [-0.3, -0.25) is 0 Å². The Morgan fingerprint density at radius 2 is 2.19 bits per heavy atom. The minimum Gasteiger partial charge on any atom is -0.426 e. The summed E-state index contributed by atoms with van der Waals surface area (Å²) in [5, 5.41) is 0. The Bertz CT molecular complexity index is 395. The van der Waals surface area contributed by atoms with Gasteiger partial charge in [-0.25, -0.2) is 4.57 Å². The molecule has 0 aromatic heterocycles. The van der Waals surface area contributed by atoms with Gasteiger partial charge < -0.3 is 9.05 Å². The number of terminal acetylenes is 1. The van der Waals surface area contributed by atoms with Crippen molar-refractivity contribution >= 4 is 8.25 Å². The fourth-order valence-electron chi connectivity index (χ4n) is 1.16. The molecule has 0 amide bonds. The van der Waals surface area contributed by atoms with Crippen molar-refractivity contribution in [3.05, 3.63) is 29.8 Å². The maximum absolute atomic E-state index is 11.4. The fourth-order valence-corrected chi connectivity index (χ4v) is 1.97. The quantitative estimate of drug-likeness (QED) is 0.564. The first-order valence-corrected chi connectivity index (χ1v) is 6.36. The molecule has 0 bridgehead atoms. The van der Waals surface area contributed by atoms with Crippen LogP contribution in [0.1, 0.15) is 18.9 Å². The first kappa shape index (κ1) is 12.8. The zero-order valence-electron chi connectivity index (χ0n) is 9.23. The van der Waals surface area contributed by atoms with Crippen LogP contribution in [-0.4, -0.2) is 6.61 Å². The third-order valence-electron chi connectivity index (χ3n) is 1.88. The van der Waals surface area contributed by atoms with Crippen molar-refractivity contribution in [2.45, 2.75) is 19.8 Å². The van der Waals surface area contributed by atoms with Gasteiger partial charge in [0.25, 0.3) is 0 Å². The lowest BCUT2D eigenvalue weighted by atomic mass is 10.1. The molecule has 3 nitrogen and oxygen atoms in total. The standard InChI is InChI=1S/C12H15O3P/c1-3-7-11-8-5-6-9-12(11)15-16(13)14-10-4-2/h1,5-6,8-9,16H,4,7,10H2,2H3. The van der Waals surface area contributed by atoms with Crippen LogP contribution in [0.3, 0.4) is 0 Å². The second-order valence-corrected chi connectivity index (χ2v) is 4.18. The predicted octanol–water partition coefficient (Wildman–Crippen LogP) is 3.06. The maximum Gasteiger partial charge on any atom is 0.367 e. The monoisotopic (exact) mass is 238 g/mol. The summed E-state index contributed by atoms with van der Waals surface area (Å²) in [4.78, 5) is 0. The minimum atomic E-state index is -2.46. The van der Waals surface area contributed by atoms with E-state index in [0.29, 0.717) is 18.8 Å². The van der Waals surface area contributed by atoms with E-state index < -0.39 is 8.25 Å². The normalized spacial score (nSPS) is 11.8. The lowest BCUT2D eigenvalue weighted by Crippen LogP contribution is -1.92. The molecule has 0 aliphatic heterocycles. The van der Waals surface area contributed by atoms with Crippen molar-refractivity contribution in [1.29, 1.82) is 0 Å². The van der Waals surface area contributed by atoms with E-state index in [-0.39, 0.29) is 0 Å². The van der Waals surface area contributed by atoms with Crippen LogP contribution in [0, 0.1) is 12.3 Å². The Kier molecular flexibility index (Phi) is 5.71. The zero-order valence-corrected chi connectivity index (χ0v) is 10.2. The second kappa shape index (κ2) is 7.11. The number of hydrogen-bond acceptors (Lipinski definition) is 3. The summed E-state index contributed by atoms with van der Waals surface area (Å²) < 4.78 is 21.6. The lowest BCUT2D eigenvalue weighted by molar-refractivity contribution is 0.286. The summed E-state index contributed by atoms with van der Waals surface area (Å²) in [6.07, 6.45) is 6.50. The van der Waals surface area contributed by atoms with Crippen LogP contribution in [0.2, 0.25) is 0 Å². The molecular formula is C12H15O3P. The fraction of sp³-hybridized carbons (Fsp3) is 0.333. The van der Waals surface area contributed by atoms with Gasteiger partial charge in [-0.2, -0.15) is 0 Å². The molecule has 4 heteroatoms. The van der Waals surface area contributed by atoms with Crippen molar-refractivity contribution in [1.82, 2.24) is 0 Å². The van der Waals surface area contributed by atoms with E-state index in [9.17, 15) is 4.57 Å². The Labute approximate surface area is 96.7 Å². The van der Waals surface area contributed by atoms with Gasteiger partial charge in [0, 0.05) is 12.0 Å². The van der Waals surface area contributed by atoms with Crippen LogP contribution in [0.5, 0.6) is 5.75 Å². The third-order valence-corrected chi connectivity index (χ3v) is 2.71.